The van der Waals surface area contributed by atoms with E-state index >= 15 is 0 Å². The van der Waals surface area contributed by atoms with Crippen LogP contribution in [-0.4, -0.2) is 107 Å². The maximum Gasteiger partial charge on any atom is 0.410 e. The van der Waals surface area contributed by atoms with Crippen LogP contribution in [0.25, 0.3) is 0 Å². The van der Waals surface area contributed by atoms with Gasteiger partial charge in [-0.2, -0.15) is 0 Å². The zero-order chi connectivity index (χ0) is 33.8. The minimum atomic E-state index is -1.14. The van der Waals surface area contributed by atoms with Crippen LogP contribution in [0, 0.1) is 5.92 Å². The number of nitrogens with one attached hydrogen (secondary N) is 2. The molecule has 0 saturated heterocycles. The van der Waals surface area contributed by atoms with Crippen LogP contribution in [0.2, 0.25) is 0 Å². The number of ether oxygens (including phenoxy) is 4. The lowest BCUT2D eigenvalue weighted by atomic mass is 10.0. The first-order valence-corrected chi connectivity index (χ1v) is 14.4. The van der Waals surface area contributed by atoms with Crippen molar-refractivity contribution in [3.8, 4) is 0 Å². The fourth-order valence-corrected chi connectivity index (χ4v) is 3.44. The lowest BCUT2D eigenvalue weighted by Crippen LogP contribution is -2.48. The smallest absolute Gasteiger partial charge is 0.410 e. The SMILES string of the molecule is CC(C)(C)OC(=O)NCCN(CC(CC(=O)O)CN(CCNC(=O)OC(C)(C)C)C(=O)OC(C)(C)C)C(=O)OC(C)(C)C. The van der Waals surface area contributed by atoms with E-state index in [-0.39, 0.29) is 39.3 Å². The van der Waals surface area contributed by atoms with Crippen molar-refractivity contribution in [2.45, 2.75) is 112 Å². The fraction of sp³-hybridized carbons (Fsp3) is 0.828. The molecule has 0 radical (unpaired) electrons. The van der Waals surface area contributed by atoms with Crippen LogP contribution in [0.4, 0.5) is 19.2 Å². The quantitative estimate of drug-likeness (QED) is 0.262. The van der Waals surface area contributed by atoms with Gasteiger partial charge in [-0.1, -0.05) is 0 Å². The number of carboxylic acids is 1. The second-order valence-electron chi connectivity index (χ2n) is 14.2. The molecule has 0 aromatic carbocycles. The molecule has 0 saturated carbocycles. The van der Waals surface area contributed by atoms with Gasteiger partial charge < -0.3 is 44.5 Å². The average Bonchev–Trinajstić information content (AvgIpc) is 2.72. The van der Waals surface area contributed by atoms with Crippen molar-refractivity contribution in [1.29, 1.82) is 0 Å². The Bertz CT molecular complexity index is 875. The average molecular weight is 619 g/mol. The first-order chi connectivity index (χ1) is 19.3. The number of carboxylic acid groups (broad SMARTS) is 1. The number of hydrogen-bond donors (Lipinski definition) is 3. The predicted molar refractivity (Wildman–Crippen MR) is 160 cm³/mol. The third-order valence-electron chi connectivity index (χ3n) is 4.82. The molecule has 250 valence electrons. The molecular formula is C29H54N4O10. The van der Waals surface area contributed by atoms with E-state index in [4.69, 9.17) is 18.9 Å². The van der Waals surface area contributed by atoms with Crippen LogP contribution in [0.5, 0.6) is 0 Å². The van der Waals surface area contributed by atoms with Crippen LogP contribution in [0.1, 0.15) is 89.5 Å². The molecule has 0 fully saturated rings. The maximum absolute atomic E-state index is 13.1. The Morgan fingerprint density at radius 2 is 0.884 bits per heavy atom. The fourth-order valence-electron chi connectivity index (χ4n) is 3.44. The first-order valence-electron chi connectivity index (χ1n) is 14.4. The zero-order valence-corrected chi connectivity index (χ0v) is 28.0. The highest BCUT2D eigenvalue weighted by Gasteiger charge is 2.30. The molecule has 0 rings (SSSR count). The third kappa shape index (κ3) is 21.8. The summed E-state index contributed by atoms with van der Waals surface area (Å²) < 4.78 is 21.5. The highest BCUT2D eigenvalue weighted by molar-refractivity contribution is 5.71. The summed E-state index contributed by atoms with van der Waals surface area (Å²) >= 11 is 0. The van der Waals surface area contributed by atoms with Gasteiger partial charge in [0, 0.05) is 45.2 Å². The van der Waals surface area contributed by atoms with Crippen LogP contribution >= 0.6 is 0 Å². The van der Waals surface area contributed by atoms with E-state index in [0.717, 1.165) is 0 Å². The van der Waals surface area contributed by atoms with Crippen molar-refractivity contribution in [1.82, 2.24) is 20.4 Å². The second kappa shape index (κ2) is 16.4. The van der Waals surface area contributed by atoms with Crippen molar-refractivity contribution >= 4 is 30.3 Å². The molecule has 14 heteroatoms. The maximum atomic E-state index is 13.1. The summed E-state index contributed by atoms with van der Waals surface area (Å²) in [7, 11) is 0. The zero-order valence-electron chi connectivity index (χ0n) is 28.0. The summed E-state index contributed by atoms with van der Waals surface area (Å²) in [5.74, 6) is -1.90. The summed E-state index contributed by atoms with van der Waals surface area (Å²) in [6.07, 6.45) is -3.18. The highest BCUT2D eigenvalue weighted by Crippen LogP contribution is 2.17. The molecule has 0 aliphatic carbocycles. The summed E-state index contributed by atoms with van der Waals surface area (Å²) in [5.41, 5.74) is -3.12. The summed E-state index contributed by atoms with van der Waals surface area (Å²) in [6, 6.07) is 0. The molecule has 0 aliphatic rings. The van der Waals surface area contributed by atoms with Gasteiger partial charge in [0.2, 0.25) is 0 Å². The van der Waals surface area contributed by atoms with Gasteiger partial charge in [0.05, 0.1) is 6.42 Å². The van der Waals surface area contributed by atoms with E-state index in [1.54, 1.807) is 83.1 Å². The summed E-state index contributed by atoms with van der Waals surface area (Å²) in [6.45, 7) is 20.2. The summed E-state index contributed by atoms with van der Waals surface area (Å²) in [5, 5.41) is 14.8. The third-order valence-corrected chi connectivity index (χ3v) is 4.82. The van der Waals surface area contributed by atoms with Crippen molar-refractivity contribution < 1.29 is 48.0 Å². The molecular weight excluding hydrogens is 564 g/mol. The monoisotopic (exact) mass is 618 g/mol. The molecule has 0 aliphatic heterocycles. The Balaban J connectivity index is 5.91. The molecule has 0 aromatic rings. The molecule has 0 bridgehead atoms. The Labute approximate surface area is 256 Å². The minimum Gasteiger partial charge on any atom is -0.481 e. The van der Waals surface area contributed by atoms with Crippen LogP contribution in [-0.2, 0) is 23.7 Å². The largest absolute Gasteiger partial charge is 0.481 e. The highest BCUT2D eigenvalue weighted by atomic mass is 16.6. The number of hydrogen-bond acceptors (Lipinski definition) is 9. The molecule has 0 unspecified atom stereocenters. The van der Waals surface area contributed by atoms with Crippen LogP contribution in [0.15, 0.2) is 0 Å². The molecule has 0 aromatic heterocycles. The van der Waals surface area contributed by atoms with Crippen molar-refractivity contribution in [3.63, 3.8) is 0 Å². The number of alkyl carbamates (subject to hydrolysis) is 2. The van der Waals surface area contributed by atoms with Crippen molar-refractivity contribution in [3.05, 3.63) is 0 Å². The number of carbonyl (C=O) groups is 5. The van der Waals surface area contributed by atoms with Gasteiger partial charge in [-0.25, -0.2) is 19.2 Å². The van der Waals surface area contributed by atoms with Gasteiger partial charge in [-0.05, 0) is 83.1 Å². The summed E-state index contributed by atoms with van der Waals surface area (Å²) in [4.78, 5) is 64.8. The molecule has 3 N–H and O–H groups in total. The molecule has 14 nitrogen and oxygen atoms in total. The standard InChI is InChI=1S/C29H54N4O10/c1-26(2,3)40-22(36)30-13-15-32(24(38)42-28(7,8)9)18-20(17-21(34)35)19-33(25(39)43-29(10,11)12)16-14-31-23(37)41-27(4,5)6/h20H,13-19H2,1-12H3,(H,30,36)(H,31,37)(H,34,35). The Kier molecular flexibility index (Phi) is 15.1. The van der Waals surface area contributed by atoms with Crippen LogP contribution < -0.4 is 10.6 Å². The van der Waals surface area contributed by atoms with Gasteiger partial charge in [-0.15, -0.1) is 0 Å². The number of carbonyl (C=O) groups excluding carboxylic acids is 4. The topological polar surface area (TPSA) is 173 Å². The molecule has 4 amide bonds. The van der Waals surface area contributed by atoms with Gasteiger partial charge in [0.25, 0.3) is 0 Å². The van der Waals surface area contributed by atoms with E-state index < -0.39 is 65.1 Å². The van der Waals surface area contributed by atoms with E-state index in [9.17, 15) is 29.1 Å². The number of rotatable bonds is 12. The number of aliphatic carboxylic acids is 1. The van der Waals surface area contributed by atoms with Crippen molar-refractivity contribution in [2.75, 3.05) is 39.3 Å². The predicted octanol–water partition coefficient (Wildman–Crippen LogP) is 4.60. The van der Waals surface area contributed by atoms with Gasteiger partial charge in [0.15, 0.2) is 0 Å². The number of nitrogens with zero attached hydrogens (tertiary/aromatic N) is 2. The first kappa shape index (κ1) is 39.5. The molecule has 43 heavy (non-hydrogen) atoms. The van der Waals surface area contributed by atoms with Crippen molar-refractivity contribution in [2.24, 2.45) is 5.92 Å². The lowest BCUT2D eigenvalue weighted by Gasteiger charge is -2.33. The molecule has 0 spiro atoms. The normalized spacial score (nSPS) is 12.2. The molecule has 0 heterocycles. The van der Waals surface area contributed by atoms with Gasteiger partial charge in [0.1, 0.15) is 22.4 Å². The Morgan fingerprint density at radius 3 is 1.14 bits per heavy atom. The van der Waals surface area contributed by atoms with E-state index in [0.29, 0.717) is 0 Å². The van der Waals surface area contributed by atoms with E-state index in [1.807, 2.05) is 0 Å². The second-order valence-corrected chi connectivity index (χ2v) is 14.2. The molecule has 0 atom stereocenters. The Morgan fingerprint density at radius 1 is 0.581 bits per heavy atom. The van der Waals surface area contributed by atoms with E-state index in [2.05, 4.69) is 10.6 Å². The lowest BCUT2D eigenvalue weighted by molar-refractivity contribution is -0.138. The number of amides is 4. The van der Waals surface area contributed by atoms with Gasteiger partial charge >= 0.3 is 30.3 Å². The van der Waals surface area contributed by atoms with E-state index in [1.165, 1.54) is 9.80 Å². The Hall–Kier alpha value is -3.45. The van der Waals surface area contributed by atoms with Gasteiger partial charge in [-0.3, -0.25) is 4.79 Å². The minimum absolute atomic E-state index is 0.00351. The van der Waals surface area contributed by atoms with Crippen LogP contribution in [0.3, 0.4) is 0 Å².